The van der Waals surface area contributed by atoms with Crippen LogP contribution in [0.1, 0.15) is 46.2 Å². The first-order valence-electron chi connectivity index (χ1n) is 9.42. The number of aromatic nitrogens is 2. The molecule has 0 spiro atoms. The maximum atomic E-state index is 14.3. The predicted molar refractivity (Wildman–Crippen MR) is 107 cm³/mol. The molecule has 4 nitrogen and oxygen atoms in total. The molecule has 0 aliphatic rings. The second kappa shape index (κ2) is 8.90. The molecule has 0 fully saturated rings. The number of halogens is 2. The van der Waals surface area contributed by atoms with Gasteiger partial charge < -0.3 is 4.74 Å². The van der Waals surface area contributed by atoms with Crippen LogP contribution in [0.4, 0.5) is 8.78 Å². The molecule has 29 heavy (non-hydrogen) atoms. The highest BCUT2D eigenvalue weighted by Crippen LogP contribution is 2.26. The van der Waals surface area contributed by atoms with Crippen LogP contribution in [0.2, 0.25) is 0 Å². The third kappa shape index (κ3) is 4.47. The molecule has 0 saturated carbocycles. The van der Waals surface area contributed by atoms with E-state index >= 15 is 0 Å². The van der Waals surface area contributed by atoms with Gasteiger partial charge in [-0.05, 0) is 36.6 Å². The van der Waals surface area contributed by atoms with E-state index in [9.17, 15) is 13.6 Å². The molecule has 0 aliphatic heterocycles. The van der Waals surface area contributed by atoms with Crippen molar-refractivity contribution in [3.8, 4) is 11.4 Å². The van der Waals surface area contributed by atoms with Crippen molar-refractivity contribution in [2.24, 2.45) is 0 Å². The van der Waals surface area contributed by atoms with Crippen molar-refractivity contribution in [3.05, 3.63) is 82.2 Å². The van der Waals surface area contributed by atoms with Crippen LogP contribution in [0.15, 0.2) is 42.5 Å². The van der Waals surface area contributed by atoms with Gasteiger partial charge in [-0.15, -0.1) is 0 Å². The van der Waals surface area contributed by atoms with E-state index in [0.717, 1.165) is 30.5 Å². The molecule has 0 atom stereocenters. The molecule has 0 N–H and O–H groups in total. The molecular weight excluding hydrogens is 374 g/mol. The summed E-state index contributed by atoms with van der Waals surface area (Å²) in [4.78, 5) is 20.9. The van der Waals surface area contributed by atoms with Gasteiger partial charge in [-0.25, -0.2) is 23.5 Å². The van der Waals surface area contributed by atoms with Crippen LogP contribution in [-0.2, 0) is 17.6 Å². The van der Waals surface area contributed by atoms with E-state index in [-0.39, 0.29) is 17.0 Å². The average Bonchev–Trinajstić information content (AvgIpc) is 2.69. The second-order valence-corrected chi connectivity index (χ2v) is 6.79. The minimum atomic E-state index is -0.759. The molecule has 6 heteroatoms. The Labute approximate surface area is 168 Å². The number of esters is 1. The number of rotatable bonds is 6. The topological polar surface area (TPSA) is 52.1 Å². The van der Waals surface area contributed by atoms with Crippen molar-refractivity contribution in [2.45, 2.75) is 33.1 Å². The maximum Gasteiger partial charge on any atom is 0.341 e. The van der Waals surface area contributed by atoms with E-state index < -0.39 is 17.6 Å². The Bertz CT molecular complexity index is 1010. The molecule has 0 amide bonds. The quantitative estimate of drug-likeness (QED) is 0.547. The minimum Gasteiger partial charge on any atom is -0.465 e. The number of hydrogen-bond donors (Lipinski definition) is 0. The largest absolute Gasteiger partial charge is 0.465 e. The fraction of sp³-hybridized carbons (Fsp3) is 0.261. The fourth-order valence-electron chi connectivity index (χ4n) is 3.26. The number of methoxy groups -OCH3 is 1. The molecule has 150 valence electrons. The third-order valence-electron chi connectivity index (χ3n) is 4.67. The van der Waals surface area contributed by atoms with E-state index in [4.69, 9.17) is 4.74 Å². The zero-order valence-corrected chi connectivity index (χ0v) is 16.6. The number of carbonyl (C=O) groups is 1. The van der Waals surface area contributed by atoms with Crippen LogP contribution in [0.5, 0.6) is 0 Å². The lowest BCUT2D eigenvalue weighted by molar-refractivity contribution is 0.0597. The summed E-state index contributed by atoms with van der Waals surface area (Å²) in [7, 11) is 1.27. The molecule has 3 rings (SSSR count). The van der Waals surface area contributed by atoms with Gasteiger partial charge in [0.2, 0.25) is 0 Å². The second-order valence-electron chi connectivity index (χ2n) is 6.79. The molecule has 1 heterocycles. The van der Waals surface area contributed by atoms with Gasteiger partial charge >= 0.3 is 5.97 Å². The first kappa shape index (κ1) is 20.6. The maximum absolute atomic E-state index is 14.3. The highest BCUT2D eigenvalue weighted by molar-refractivity contribution is 5.92. The van der Waals surface area contributed by atoms with Crippen molar-refractivity contribution in [2.75, 3.05) is 7.11 Å². The lowest BCUT2D eigenvalue weighted by Gasteiger charge is -2.13. The lowest BCUT2D eigenvalue weighted by atomic mass is 10.0. The summed E-state index contributed by atoms with van der Waals surface area (Å²) in [6, 6.07) is 11.6. The van der Waals surface area contributed by atoms with Crippen LogP contribution in [0.25, 0.3) is 11.4 Å². The highest BCUT2D eigenvalue weighted by atomic mass is 19.1. The van der Waals surface area contributed by atoms with Gasteiger partial charge in [0.15, 0.2) is 5.82 Å². The molecule has 0 radical (unpaired) electrons. The van der Waals surface area contributed by atoms with Crippen LogP contribution in [-0.4, -0.2) is 23.0 Å². The van der Waals surface area contributed by atoms with Crippen molar-refractivity contribution in [1.82, 2.24) is 9.97 Å². The van der Waals surface area contributed by atoms with Gasteiger partial charge in [0, 0.05) is 6.42 Å². The van der Waals surface area contributed by atoms with E-state index in [0.29, 0.717) is 17.8 Å². The Morgan fingerprint density at radius 1 is 1.00 bits per heavy atom. The number of nitrogens with zero attached hydrogens (tertiary/aromatic N) is 2. The molecule has 0 aliphatic carbocycles. The Morgan fingerprint density at radius 3 is 2.21 bits per heavy atom. The molecule has 0 bridgehead atoms. The van der Waals surface area contributed by atoms with Crippen LogP contribution in [0, 0.1) is 18.6 Å². The molecule has 0 saturated heterocycles. The first-order chi connectivity index (χ1) is 13.9. The van der Waals surface area contributed by atoms with Gasteiger partial charge in [-0.1, -0.05) is 43.7 Å². The average molecular weight is 396 g/mol. The van der Waals surface area contributed by atoms with Gasteiger partial charge in [-0.2, -0.15) is 0 Å². The zero-order valence-electron chi connectivity index (χ0n) is 16.6. The van der Waals surface area contributed by atoms with Crippen molar-refractivity contribution in [3.63, 3.8) is 0 Å². The third-order valence-corrected chi connectivity index (χ3v) is 4.67. The smallest absolute Gasteiger partial charge is 0.341 e. The SMILES string of the molecule is CCCc1ccc(Cc2nc(-c3c(F)cccc3F)nc(C)c2C(=O)OC)cc1. The van der Waals surface area contributed by atoms with Crippen LogP contribution < -0.4 is 0 Å². The summed E-state index contributed by atoms with van der Waals surface area (Å²) < 4.78 is 33.4. The summed E-state index contributed by atoms with van der Waals surface area (Å²) in [6.07, 6.45) is 2.34. The Hall–Kier alpha value is -3.15. The standard InChI is InChI=1S/C23H22F2N2O2/c1-4-6-15-9-11-16(12-10-15)13-19-20(23(28)29-3)14(2)26-22(27-19)21-17(24)7-5-8-18(21)25/h5,7-12H,4,6,13H2,1-3H3. The first-order valence-corrected chi connectivity index (χ1v) is 9.42. The van der Waals surface area contributed by atoms with Gasteiger partial charge in [-0.3, -0.25) is 0 Å². The number of hydrogen-bond acceptors (Lipinski definition) is 4. The number of ether oxygens (including phenoxy) is 1. The van der Waals surface area contributed by atoms with Crippen molar-refractivity contribution >= 4 is 5.97 Å². The highest BCUT2D eigenvalue weighted by Gasteiger charge is 2.22. The molecule has 0 unspecified atom stereocenters. The number of aryl methyl sites for hydroxylation is 2. The van der Waals surface area contributed by atoms with E-state index in [1.807, 2.05) is 24.3 Å². The Balaban J connectivity index is 2.10. The fourth-order valence-corrected chi connectivity index (χ4v) is 3.26. The van der Waals surface area contributed by atoms with Crippen molar-refractivity contribution in [1.29, 1.82) is 0 Å². The van der Waals surface area contributed by atoms with E-state index in [1.165, 1.54) is 18.7 Å². The van der Waals surface area contributed by atoms with Gasteiger partial charge in [0.25, 0.3) is 0 Å². The number of carbonyl (C=O) groups excluding carboxylic acids is 1. The summed E-state index contributed by atoms with van der Waals surface area (Å²) in [6.45, 7) is 3.72. The van der Waals surface area contributed by atoms with E-state index in [1.54, 1.807) is 6.92 Å². The Kier molecular flexibility index (Phi) is 6.32. The summed E-state index contributed by atoms with van der Waals surface area (Å²) in [5.41, 5.74) is 2.72. The normalized spacial score (nSPS) is 10.8. The van der Waals surface area contributed by atoms with Gasteiger partial charge in [0.05, 0.1) is 24.1 Å². The monoisotopic (exact) mass is 396 g/mol. The lowest BCUT2D eigenvalue weighted by Crippen LogP contribution is -2.14. The van der Waals surface area contributed by atoms with Gasteiger partial charge in [0.1, 0.15) is 17.2 Å². The number of benzene rings is 2. The zero-order chi connectivity index (χ0) is 21.0. The van der Waals surface area contributed by atoms with E-state index in [2.05, 4.69) is 16.9 Å². The molecule has 2 aromatic carbocycles. The molecule has 1 aromatic heterocycles. The Morgan fingerprint density at radius 2 is 1.62 bits per heavy atom. The molecule has 3 aromatic rings. The summed E-state index contributed by atoms with van der Waals surface area (Å²) in [5, 5.41) is 0. The predicted octanol–water partition coefficient (Wildman–Crippen LogP) is 5.06. The summed E-state index contributed by atoms with van der Waals surface area (Å²) in [5.74, 6) is -2.20. The van der Waals surface area contributed by atoms with Crippen molar-refractivity contribution < 1.29 is 18.3 Å². The van der Waals surface area contributed by atoms with Crippen LogP contribution in [0.3, 0.4) is 0 Å². The summed E-state index contributed by atoms with van der Waals surface area (Å²) >= 11 is 0. The minimum absolute atomic E-state index is 0.0941. The van der Waals surface area contributed by atoms with Crippen LogP contribution >= 0.6 is 0 Å². The molecular formula is C23H22F2N2O2.